The highest BCUT2D eigenvalue weighted by Gasteiger charge is 2.43. The highest BCUT2D eigenvalue weighted by molar-refractivity contribution is 6.06. The van der Waals surface area contributed by atoms with Gasteiger partial charge in [-0.3, -0.25) is 4.79 Å². The topological polar surface area (TPSA) is 89.5 Å². The van der Waals surface area contributed by atoms with E-state index in [0.717, 1.165) is 18.4 Å². The minimum Gasteiger partial charge on any atom is -0.402 e. The predicted octanol–water partition coefficient (Wildman–Crippen LogP) is 2.96. The first kappa shape index (κ1) is 25.4. The summed E-state index contributed by atoms with van der Waals surface area (Å²) in [4.78, 5) is 13.4. The van der Waals surface area contributed by atoms with Crippen molar-refractivity contribution in [3.63, 3.8) is 0 Å². The maximum atomic E-state index is 13.4. The molecule has 6 heteroatoms. The Balaban J connectivity index is 0.00000103. The van der Waals surface area contributed by atoms with Gasteiger partial charge in [0, 0.05) is 34.6 Å². The van der Waals surface area contributed by atoms with Gasteiger partial charge in [-0.2, -0.15) is 0 Å². The van der Waals surface area contributed by atoms with Crippen LogP contribution in [0.1, 0.15) is 68.1 Å². The fourth-order valence-corrected chi connectivity index (χ4v) is 3.85. The first-order valence-electron chi connectivity index (χ1n) is 11.5. The molecule has 2 aromatic rings. The van der Waals surface area contributed by atoms with Crippen LogP contribution in [0.4, 0.5) is 5.69 Å². The first-order chi connectivity index (χ1) is 16.1. The van der Waals surface area contributed by atoms with Gasteiger partial charge in [0.2, 0.25) is 0 Å². The van der Waals surface area contributed by atoms with E-state index in [9.17, 15) is 9.90 Å². The van der Waals surface area contributed by atoms with E-state index < -0.39 is 5.60 Å². The molecule has 2 saturated carbocycles. The number of hydrogen-bond acceptors (Lipinski definition) is 4. The van der Waals surface area contributed by atoms with Crippen LogP contribution in [0, 0.1) is 11.8 Å². The Hall–Kier alpha value is -3.27. The SMILES string of the molecule is C=CC.C=c1/c(=C(\C)N)c(C(=O)Nc2ccc(COC)cc2)c(C#CC2(O)CC2)n1C1(C)CC1. The molecular weight excluding hydrogens is 426 g/mol. The van der Waals surface area contributed by atoms with E-state index in [-0.39, 0.29) is 11.4 Å². The number of nitrogens with one attached hydrogen (secondary N) is 1. The number of carbonyl (C=O) groups is 1. The van der Waals surface area contributed by atoms with Gasteiger partial charge in [-0.1, -0.05) is 30.7 Å². The maximum Gasteiger partial charge on any atom is 0.259 e. The van der Waals surface area contributed by atoms with Crippen LogP contribution in [0.3, 0.4) is 0 Å². The van der Waals surface area contributed by atoms with E-state index in [1.54, 1.807) is 20.1 Å². The molecule has 0 atom stereocenters. The first-order valence-corrected chi connectivity index (χ1v) is 11.5. The number of aliphatic hydroxyl groups is 1. The Morgan fingerprint density at radius 3 is 2.35 bits per heavy atom. The van der Waals surface area contributed by atoms with Gasteiger partial charge >= 0.3 is 0 Å². The van der Waals surface area contributed by atoms with Gasteiger partial charge in [-0.15, -0.1) is 6.58 Å². The third-order valence-corrected chi connectivity index (χ3v) is 6.06. The van der Waals surface area contributed by atoms with E-state index in [2.05, 4.69) is 37.2 Å². The van der Waals surface area contributed by atoms with Crippen molar-refractivity contribution in [1.29, 1.82) is 0 Å². The quantitative estimate of drug-likeness (QED) is 0.472. The zero-order valence-corrected chi connectivity index (χ0v) is 20.6. The van der Waals surface area contributed by atoms with Crippen molar-refractivity contribution in [2.24, 2.45) is 5.73 Å². The molecule has 6 nitrogen and oxygen atoms in total. The van der Waals surface area contributed by atoms with Crippen LogP contribution in [0.5, 0.6) is 0 Å². The molecule has 4 N–H and O–H groups in total. The van der Waals surface area contributed by atoms with E-state index in [1.165, 1.54) is 0 Å². The Bertz CT molecular complexity index is 1250. The lowest BCUT2D eigenvalue weighted by molar-refractivity contribution is 0.102. The number of hydrogen-bond donors (Lipinski definition) is 3. The fraction of sp³-hybridized carbons (Fsp3) is 0.393. The van der Waals surface area contributed by atoms with Gasteiger partial charge in [-0.05, 0) is 70.1 Å². The average Bonchev–Trinajstić information content (AvgIpc) is 3.68. The molecule has 0 bridgehead atoms. The normalized spacial score (nSPS) is 17.3. The standard InChI is InChI=1S/C25H29N3O3.C3H6/c1-16(26)21-17(2)28(24(3)11-12-24)20(9-10-25(30)13-14-25)22(21)23(29)27-19-7-5-18(6-8-19)15-31-4;1-3-2/h5-8,30H,2,11-15,26H2,1,3-4H3,(H,27,29);3H,1H2,2H3/b21-16-;. The molecule has 0 radical (unpaired) electrons. The van der Waals surface area contributed by atoms with Crippen molar-refractivity contribution in [1.82, 2.24) is 4.57 Å². The molecule has 1 aromatic carbocycles. The van der Waals surface area contributed by atoms with E-state index in [0.29, 0.717) is 52.7 Å². The number of ether oxygens (including phenoxy) is 1. The van der Waals surface area contributed by atoms with Crippen LogP contribution in [0.25, 0.3) is 12.3 Å². The maximum absolute atomic E-state index is 13.4. The lowest BCUT2D eigenvalue weighted by atomic mass is 10.1. The van der Waals surface area contributed by atoms with Crippen molar-refractivity contribution < 1.29 is 14.6 Å². The second-order valence-corrected chi connectivity index (χ2v) is 9.33. The van der Waals surface area contributed by atoms with Crippen LogP contribution < -0.4 is 21.6 Å². The van der Waals surface area contributed by atoms with Crippen molar-refractivity contribution in [3.8, 4) is 11.8 Å². The van der Waals surface area contributed by atoms with Crippen molar-refractivity contribution >= 4 is 23.9 Å². The summed E-state index contributed by atoms with van der Waals surface area (Å²) in [5.74, 6) is 5.79. The summed E-state index contributed by atoms with van der Waals surface area (Å²) in [6, 6.07) is 7.50. The van der Waals surface area contributed by atoms with Gasteiger partial charge in [0.05, 0.1) is 12.2 Å². The molecule has 2 aliphatic carbocycles. The molecule has 2 aliphatic rings. The molecule has 34 heavy (non-hydrogen) atoms. The number of methoxy groups -OCH3 is 1. The summed E-state index contributed by atoms with van der Waals surface area (Å²) in [5.41, 5.74) is 8.30. The Kier molecular flexibility index (Phi) is 7.40. The number of anilines is 1. The zero-order chi connectivity index (χ0) is 25.1. The minimum atomic E-state index is -0.951. The van der Waals surface area contributed by atoms with Gasteiger partial charge in [0.15, 0.2) is 0 Å². The number of nitrogens with two attached hydrogens (primary N) is 1. The Labute approximate surface area is 201 Å². The number of benzene rings is 1. The zero-order valence-electron chi connectivity index (χ0n) is 20.6. The second-order valence-electron chi connectivity index (χ2n) is 9.33. The van der Waals surface area contributed by atoms with E-state index in [4.69, 9.17) is 10.5 Å². The number of nitrogens with zero attached hydrogens (tertiary/aromatic N) is 1. The van der Waals surface area contributed by atoms with Crippen LogP contribution in [0.15, 0.2) is 36.9 Å². The van der Waals surface area contributed by atoms with Crippen LogP contribution in [0.2, 0.25) is 0 Å². The van der Waals surface area contributed by atoms with E-state index in [1.807, 2.05) is 35.8 Å². The number of amides is 1. The lowest BCUT2D eigenvalue weighted by Crippen LogP contribution is -2.37. The van der Waals surface area contributed by atoms with Gasteiger partial charge in [-0.25, -0.2) is 0 Å². The number of aromatic nitrogens is 1. The monoisotopic (exact) mass is 461 g/mol. The minimum absolute atomic E-state index is 0.141. The average molecular weight is 462 g/mol. The third-order valence-electron chi connectivity index (χ3n) is 6.06. The van der Waals surface area contributed by atoms with Gasteiger partial charge < -0.3 is 25.5 Å². The smallest absolute Gasteiger partial charge is 0.259 e. The Morgan fingerprint density at radius 1 is 1.29 bits per heavy atom. The third kappa shape index (κ3) is 5.44. The van der Waals surface area contributed by atoms with Crippen LogP contribution in [-0.2, 0) is 16.9 Å². The van der Waals surface area contributed by atoms with E-state index >= 15 is 0 Å². The van der Waals surface area contributed by atoms with Crippen molar-refractivity contribution in [3.05, 3.63) is 64.3 Å². The summed E-state index contributed by atoms with van der Waals surface area (Å²) in [5, 5.41) is 14.6. The molecule has 0 spiro atoms. The highest BCUT2D eigenvalue weighted by Crippen LogP contribution is 2.43. The summed E-state index contributed by atoms with van der Waals surface area (Å²) >= 11 is 0. The summed E-state index contributed by atoms with van der Waals surface area (Å²) < 4.78 is 7.18. The molecule has 4 rings (SSSR count). The van der Waals surface area contributed by atoms with Crippen molar-refractivity contribution in [2.45, 2.75) is 64.2 Å². The number of allylic oxidation sites excluding steroid dienone is 1. The summed E-state index contributed by atoms with van der Waals surface area (Å²) in [7, 11) is 1.64. The summed E-state index contributed by atoms with van der Waals surface area (Å²) in [6.45, 7) is 13.9. The molecule has 0 saturated heterocycles. The molecule has 1 amide bonds. The second kappa shape index (κ2) is 9.92. The lowest BCUT2D eigenvalue weighted by Gasteiger charge is -2.15. The van der Waals surface area contributed by atoms with Crippen LogP contribution in [-0.4, -0.2) is 28.3 Å². The number of carbonyl (C=O) groups excluding carboxylic acids is 1. The molecule has 2 fully saturated rings. The molecule has 1 heterocycles. The number of rotatable bonds is 5. The molecular formula is C28H35N3O3. The fourth-order valence-electron chi connectivity index (χ4n) is 3.85. The van der Waals surface area contributed by atoms with Gasteiger partial charge in [0.25, 0.3) is 5.91 Å². The largest absolute Gasteiger partial charge is 0.402 e. The Morgan fingerprint density at radius 2 is 1.88 bits per heavy atom. The summed E-state index contributed by atoms with van der Waals surface area (Å²) in [6.07, 6.45) is 5.02. The predicted molar refractivity (Wildman–Crippen MR) is 137 cm³/mol. The van der Waals surface area contributed by atoms with Crippen molar-refractivity contribution in [2.75, 3.05) is 12.4 Å². The highest BCUT2D eigenvalue weighted by atomic mass is 16.5. The molecule has 180 valence electrons. The molecule has 0 unspecified atom stereocenters. The molecule has 1 aromatic heterocycles. The van der Waals surface area contributed by atoms with Crippen LogP contribution >= 0.6 is 0 Å². The molecule has 0 aliphatic heterocycles. The van der Waals surface area contributed by atoms with Gasteiger partial charge in [0.1, 0.15) is 11.3 Å².